The normalized spacial score (nSPS) is 14.9. The Morgan fingerprint density at radius 2 is 1.70 bits per heavy atom. The van der Waals surface area contributed by atoms with Crippen LogP contribution in [0, 0.1) is 12.7 Å². The molecule has 0 saturated carbocycles. The van der Waals surface area contributed by atoms with Crippen molar-refractivity contribution in [2.45, 2.75) is 20.8 Å². The number of halogens is 1. The smallest absolute Gasteiger partial charge is 0.269 e. The van der Waals surface area contributed by atoms with Gasteiger partial charge in [-0.15, -0.1) is 0 Å². The van der Waals surface area contributed by atoms with Crippen LogP contribution in [-0.4, -0.2) is 24.7 Å². The largest absolute Gasteiger partial charge is 0.495 e. The van der Waals surface area contributed by atoms with Gasteiger partial charge < -0.3 is 4.74 Å². The fourth-order valence-electron chi connectivity index (χ4n) is 3.17. The van der Waals surface area contributed by atoms with E-state index in [1.165, 1.54) is 33.1 Å². The van der Waals surface area contributed by atoms with E-state index in [2.05, 4.69) is 0 Å². The number of ether oxygens (including phenoxy) is 1. The molecule has 6 heteroatoms. The van der Waals surface area contributed by atoms with Gasteiger partial charge in [0, 0.05) is 23.6 Å². The number of anilines is 1. The van der Waals surface area contributed by atoms with Crippen molar-refractivity contribution >= 4 is 34.6 Å². The van der Waals surface area contributed by atoms with E-state index in [1.807, 2.05) is 0 Å². The average molecular weight is 367 g/mol. The fraction of sp³-hybridized carbons (Fsp3) is 0.190. The molecule has 0 N–H and O–H groups in total. The number of methoxy groups -OCH3 is 1. The van der Waals surface area contributed by atoms with Gasteiger partial charge in [0.05, 0.1) is 18.4 Å². The lowest BCUT2D eigenvalue weighted by Crippen LogP contribution is -2.31. The van der Waals surface area contributed by atoms with Gasteiger partial charge in [-0.1, -0.05) is 0 Å². The van der Waals surface area contributed by atoms with Crippen LogP contribution < -0.4 is 4.90 Å². The lowest BCUT2D eigenvalue weighted by atomic mass is 9.98. The lowest BCUT2D eigenvalue weighted by Gasteiger charge is -2.13. The number of amides is 2. The van der Waals surface area contributed by atoms with E-state index in [9.17, 15) is 18.8 Å². The summed E-state index contributed by atoms with van der Waals surface area (Å²) in [6.07, 6.45) is 0. The molecule has 2 aromatic carbocycles. The molecule has 0 aliphatic carbocycles. The second kappa shape index (κ2) is 6.79. The Morgan fingerprint density at radius 1 is 1.04 bits per heavy atom. The third-order valence-corrected chi connectivity index (χ3v) is 4.50. The molecular formula is C21H18FNO4. The summed E-state index contributed by atoms with van der Waals surface area (Å²) in [4.78, 5) is 37.9. The second-order valence-corrected chi connectivity index (χ2v) is 6.32. The summed E-state index contributed by atoms with van der Waals surface area (Å²) in [5.74, 6) is -1.31. The highest BCUT2D eigenvalue weighted by atomic mass is 19.1. The quantitative estimate of drug-likeness (QED) is 0.471. The van der Waals surface area contributed by atoms with Gasteiger partial charge in [-0.3, -0.25) is 14.4 Å². The number of imide groups is 1. The molecule has 0 saturated heterocycles. The van der Waals surface area contributed by atoms with Crippen LogP contribution in [0.1, 0.15) is 40.9 Å². The molecule has 2 aromatic rings. The van der Waals surface area contributed by atoms with Crippen LogP contribution in [0.2, 0.25) is 0 Å². The van der Waals surface area contributed by atoms with E-state index < -0.39 is 11.8 Å². The van der Waals surface area contributed by atoms with E-state index in [0.29, 0.717) is 27.9 Å². The zero-order chi connectivity index (χ0) is 19.9. The molecule has 5 nitrogen and oxygen atoms in total. The molecule has 0 aromatic heterocycles. The predicted molar refractivity (Wildman–Crippen MR) is 99.6 cm³/mol. The molecule has 0 bridgehead atoms. The van der Waals surface area contributed by atoms with Gasteiger partial charge >= 0.3 is 0 Å². The van der Waals surface area contributed by atoms with Gasteiger partial charge in [-0.25, -0.2) is 9.29 Å². The van der Waals surface area contributed by atoms with Crippen LogP contribution in [0.5, 0.6) is 0 Å². The van der Waals surface area contributed by atoms with Crippen molar-refractivity contribution in [3.8, 4) is 0 Å². The van der Waals surface area contributed by atoms with Crippen molar-refractivity contribution in [3.63, 3.8) is 0 Å². The van der Waals surface area contributed by atoms with E-state index >= 15 is 0 Å². The van der Waals surface area contributed by atoms with Crippen LogP contribution in [0.4, 0.5) is 10.1 Å². The second-order valence-electron chi connectivity index (χ2n) is 6.32. The SMILES string of the molecule is CO/C(=C1\C(=O)N(C(C)=O)c2ccc(C(C)=O)cc21)c1ccc(F)c(C)c1. The third-order valence-electron chi connectivity index (χ3n) is 4.50. The highest BCUT2D eigenvalue weighted by Gasteiger charge is 2.38. The summed E-state index contributed by atoms with van der Waals surface area (Å²) in [5.41, 5.74) is 2.30. The first kappa shape index (κ1) is 18.5. The van der Waals surface area contributed by atoms with Gasteiger partial charge in [-0.2, -0.15) is 0 Å². The van der Waals surface area contributed by atoms with Crippen molar-refractivity contribution in [1.29, 1.82) is 0 Å². The predicted octanol–water partition coefficient (Wildman–Crippen LogP) is 3.74. The molecular weight excluding hydrogens is 349 g/mol. The molecule has 1 aliphatic rings. The molecule has 0 atom stereocenters. The highest BCUT2D eigenvalue weighted by Crippen LogP contribution is 2.42. The molecule has 27 heavy (non-hydrogen) atoms. The first-order chi connectivity index (χ1) is 12.8. The van der Waals surface area contributed by atoms with Crippen molar-refractivity contribution in [3.05, 3.63) is 64.5 Å². The van der Waals surface area contributed by atoms with Crippen molar-refractivity contribution in [1.82, 2.24) is 0 Å². The number of ketones is 1. The Morgan fingerprint density at radius 3 is 2.26 bits per heavy atom. The van der Waals surface area contributed by atoms with E-state index in [0.717, 1.165) is 4.90 Å². The number of carbonyl (C=O) groups is 3. The van der Waals surface area contributed by atoms with Crippen molar-refractivity contribution < 1.29 is 23.5 Å². The van der Waals surface area contributed by atoms with Crippen LogP contribution >= 0.6 is 0 Å². The number of hydrogen-bond acceptors (Lipinski definition) is 4. The molecule has 0 fully saturated rings. The summed E-state index contributed by atoms with van der Waals surface area (Å²) in [7, 11) is 1.40. The van der Waals surface area contributed by atoms with E-state index in [4.69, 9.17) is 4.74 Å². The Kier molecular flexibility index (Phi) is 4.66. The van der Waals surface area contributed by atoms with Gasteiger partial charge in [0.1, 0.15) is 11.6 Å². The fourth-order valence-corrected chi connectivity index (χ4v) is 3.17. The van der Waals surface area contributed by atoms with Crippen LogP contribution in [0.3, 0.4) is 0 Å². The monoisotopic (exact) mass is 367 g/mol. The van der Waals surface area contributed by atoms with Gasteiger partial charge in [0.2, 0.25) is 5.91 Å². The summed E-state index contributed by atoms with van der Waals surface area (Å²) in [6, 6.07) is 9.08. The van der Waals surface area contributed by atoms with Crippen LogP contribution in [0.25, 0.3) is 11.3 Å². The third kappa shape index (κ3) is 3.03. The summed E-state index contributed by atoms with van der Waals surface area (Å²) >= 11 is 0. The Balaban J connectivity index is 2.33. The first-order valence-corrected chi connectivity index (χ1v) is 8.31. The maximum atomic E-state index is 13.7. The van der Waals surface area contributed by atoms with E-state index in [1.54, 1.807) is 31.2 Å². The lowest BCUT2D eigenvalue weighted by molar-refractivity contribution is -0.122. The topological polar surface area (TPSA) is 63.7 Å². The number of aryl methyl sites for hydroxylation is 1. The van der Waals surface area contributed by atoms with Crippen LogP contribution in [0.15, 0.2) is 36.4 Å². The summed E-state index contributed by atoms with van der Waals surface area (Å²) in [6.45, 7) is 4.32. The number of nitrogens with zero attached hydrogens (tertiary/aromatic N) is 1. The maximum Gasteiger partial charge on any atom is 0.269 e. The average Bonchev–Trinajstić information content (AvgIpc) is 2.90. The zero-order valence-corrected chi connectivity index (χ0v) is 15.4. The number of Topliss-reactive ketones (excluding diaryl/α,β-unsaturated/α-hetero) is 1. The minimum atomic E-state index is -0.544. The summed E-state index contributed by atoms with van der Waals surface area (Å²) in [5, 5.41) is 0. The number of fused-ring (bicyclic) bond motifs is 1. The Bertz CT molecular complexity index is 1020. The Labute approximate surface area is 156 Å². The zero-order valence-electron chi connectivity index (χ0n) is 15.4. The molecule has 1 heterocycles. The minimum Gasteiger partial charge on any atom is -0.495 e. The number of hydrogen-bond donors (Lipinski definition) is 0. The summed E-state index contributed by atoms with van der Waals surface area (Å²) < 4.78 is 19.1. The number of benzene rings is 2. The molecule has 0 spiro atoms. The van der Waals surface area contributed by atoms with Gasteiger partial charge in [0.15, 0.2) is 5.78 Å². The van der Waals surface area contributed by atoms with Gasteiger partial charge in [0.25, 0.3) is 5.91 Å². The van der Waals surface area contributed by atoms with Gasteiger partial charge in [-0.05, 0) is 55.8 Å². The molecule has 0 unspecified atom stereocenters. The standard InChI is InChI=1S/C21H18FNO4/c1-11-9-15(5-7-17(11)22)20(27-4)19-16-10-14(12(2)24)6-8-18(16)23(13(3)25)21(19)26/h5-10H,1-4H3/b20-19-. The Hall–Kier alpha value is -3.28. The van der Waals surface area contributed by atoms with E-state index in [-0.39, 0.29) is 22.9 Å². The molecule has 2 amide bonds. The van der Waals surface area contributed by atoms with Crippen molar-refractivity contribution in [2.24, 2.45) is 0 Å². The molecule has 138 valence electrons. The number of carbonyl (C=O) groups excluding carboxylic acids is 3. The van der Waals surface area contributed by atoms with Crippen LogP contribution in [-0.2, 0) is 14.3 Å². The first-order valence-electron chi connectivity index (χ1n) is 8.31. The molecule has 1 aliphatic heterocycles. The molecule has 0 radical (unpaired) electrons. The van der Waals surface area contributed by atoms with Crippen molar-refractivity contribution in [2.75, 3.05) is 12.0 Å². The highest BCUT2D eigenvalue weighted by molar-refractivity contribution is 6.43. The number of rotatable bonds is 3. The maximum absolute atomic E-state index is 13.7. The minimum absolute atomic E-state index is 0.164. The molecule has 3 rings (SSSR count).